The summed E-state index contributed by atoms with van der Waals surface area (Å²) >= 11 is 0. The van der Waals surface area contributed by atoms with E-state index in [9.17, 15) is 28.8 Å². The standard InChI is InChI=1S/C63H90N6O12/c1-58(2,3)34-76-49(70)46(50(71)77-35-59(4,5)6)31-40-19-25-43(26-20-40)64-55-67-56(65-44-27-21-41(22-28-44)32-47(51(72)78-36-60(7,8)9)52(73)79-37-61(10,11)12)69-57(68-55)66-45-29-23-42(24-30-45)33-48(53(74)80-38-62(13,14)15)54(75)81-39-63(16,17)18/h19-30,46-48H,31-39H2,1-18H3,(H3,64,65,66,67,68,69). The molecule has 18 nitrogen and oxygen atoms in total. The first kappa shape index (κ1) is 66.4. The Morgan fingerprint density at radius 2 is 0.469 bits per heavy atom. The Bertz CT molecular complexity index is 2340. The van der Waals surface area contributed by atoms with Crippen molar-refractivity contribution in [1.82, 2.24) is 15.0 Å². The lowest BCUT2D eigenvalue weighted by atomic mass is 9.96. The molecule has 0 saturated carbocycles. The number of rotatable bonds is 24. The number of hydrogen-bond donors (Lipinski definition) is 3. The molecule has 0 spiro atoms. The van der Waals surface area contributed by atoms with Crippen LogP contribution < -0.4 is 16.0 Å². The molecule has 0 bridgehead atoms. The number of carbonyl (C=O) groups is 6. The largest absolute Gasteiger partial charge is 0.464 e. The van der Waals surface area contributed by atoms with Crippen molar-refractivity contribution in [2.45, 2.75) is 144 Å². The molecule has 0 saturated heterocycles. The second-order valence-corrected chi connectivity index (χ2v) is 28.1. The Kier molecular flexibility index (Phi) is 23.0. The molecule has 0 amide bonds. The van der Waals surface area contributed by atoms with Crippen molar-refractivity contribution in [3.63, 3.8) is 0 Å². The summed E-state index contributed by atoms with van der Waals surface area (Å²) < 4.78 is 33.6. The number of nitrogens with zero attached hydrogens (tertiary/aromatic N) is 3. The van der Waals surface area contributed by atoms with Crippen molar-refractivity contribution in [3.05, 3.63) is 89.5 Å². The van der Waals surface area contributed by atoms with Gasteiger partial charge in [0.25, 0.3) is 0 Å². The molecule has 4 rings (SSSR count). The number of esters is 6. The highest BCUT2D eigenvalue weighted by Gasteiger charge is 2.35. The third-order valence-corrected chi connectivity index (χ3v) is 11.2. The van der Waals surface area contributed by atoms with Gasteiger partial charge in [0.2, 0.25) is 17.8 Å². The Balaban J connectivity index is 1.66. The van der Waals surface area contributed by atoms with Gasteiger partial charge in [-0.05, 0) is 105 Å². The van der Waals surface area contributed by atoms with Crippen molar-refractivity contribution < 1.29 is 57.2 Å². The van der Waals surface area contributed by atoms with E-state index in [1.165, 1.54) is 0 Å². The van der Waals surface area contributed by atoms with Gasteiger partial charge >= 0.3 is 35.8 Å². The highest BCUT2D eigenvalue weighted by atomic mass is 16.6. The van der Waals surface area contributed by atoms with Gasteiger partial charge < -0.3 is 44.4 Å². The summed E-state index contributed by atoms with van der Waals surface area (Å²) in [7, 11) is 0. The fourth-order valence-corrected chi connectivity index (χ4v) is 6.93. The molecule has 81 heavy (non-hydrogen) atoms. The van der Waals surface area contributed by atoms with Gasteiger partial charge in [0, 0.05) is 17.1 Å². The van der Waals surface area contributed by atoms with Crippen molar-refractivity contribution in [1.29, 1.82) is 0 Å². The lowest BCUT2D eigenvalue weighted by Gasteiger charge is -2.23. The number of nitrogens with one attached hydrogen (secondary N) is 3. The number of aromatic nitrogens is 3. The van der Waals surface area contributed by atoms with E-state index >= 15 is 0 Å². The number of ether oxygens (including phenoxy) is 6. The van der Waals surface area contributed by atoms with Crippen LogP contribution in [0.15, 0.2) is 72.8 Å². The molecule has 0 radical (unpaired) electrons. The Hall–Kier alpha value is -7.11. The zero-order valence-corrected chi connectivity index (χ0v) is 51.3. The minimum absolute atomic E-state index is 0.0458. The molecule has 0 aliphatic carbocycles. The molecular weight excluding hydrogens is 1030 g/mol. The molecule has 3 N–H and O–H groups in total. The van der Waals surface area contributed by atoms with Crippen molar-refractivity contribution in [2.24, 2.45) is 50.2 Å². The monoisotopic (exact) mass is 1120 g/mol. The Morgan fingerprint density at radius 1 is 0.309 bits per heavy atom. The van der Waals surface area contributed by atoms with Crippen molar-refractivity contribution in [2.75, 3.05) is 55.6 Å². The molecule has 4 aromatic rings. The van der Waals surface area contributed by atoms with E-state index in [-0.39, 0.29) is 109 Å². The molecule has 0 fully saturated rings. The van der Waals surface area contributed by atoms with Crippen LogP contribution in [-0.2, 0) is 76.5 Å². The van der Waals surface area contributed by atoms with E-state index in [1.807, 2.05) is 125 Å². The SMILES string of the molecule is CC(C)(C)COC(=O)C(Cc1ccc(Nc2nc(Nc3ccc(CC(C(=O)OCC(C)(C)C)C(=O)OCC(C)(C)C)cc3)nc(Nc3ccc(CC(C(=O)OCC(C)(C)C)C(=O)OCC(C)(C)C)cc3)n2)cc1)C(=O)OCC(C)(C)C. The van der Waals surface area contributed by atoms with Crippen LogP contribution in [0.2, 0.25) is 0 Å². The van der Waals surface area contributed by atoms with E-state index in [2.05, 4.69) is 30.9 Å². The summed E-state index contributed by atoms with van der Waals surface area (Å²) in [5.74, 6) is -7.07. The van der Waals surface area contributed by atoms with E-state index in [1.54, 1.807) is 72.8 Å². The molecule has 0 aliphatic heterocycles. The normalized spacial score (nSPS) is 12.4. The van der Waals surface area contributed by atoms with E-state index in [0.29, 0.717) is 33.8 Å². The van der Waals surface area contributed by atoms with E-state index in [0.717, 1.165) is 0 Å². The fraction of sp³-hybridized carbons (Fsp3) is 0.571. The second kappa shape index (κ2) is 28.0. The fourth-order valence-electron chi connectivity index (χ4n) is 6.93. The van der Waals surface area contributed by atoms with Gasteiger partial charge in [-0.3, -0.25) is 28.8 Å². The van der Waals surface area contributed by atoms with Crippen LogP contribution in [0, 0.1) is 50.2 Å². The molecular formula is C63H90N6O12. The molecule has 444 valence electrons. The molecule has 1 heterocycles. The van der Waals surface area contributed by atoms with Gasteiger partial charge in [0.1, 0.15) is 0 Å². The topological polar surface area (TPSA) is 233 Å². The predicted molar refractivity (Wildman–Crippen MR) is 313 cm³/mol. The lowest BCUT2D eigenvalue weighted by Crippen LogP contribution is -2.33. The first-order valence-corrected chi connectivity index (χ1v) is 27.6. The smallest absolute Gasteiger partial charge is 0.320 e. The lowest BCUT2D eigenvalue weighted by molar-refractivity contribution is -0.166. The highest BCUT2D eigenvalue weighted by molar-refractivity contribution is 5.96. The highest BCUT2D eigenvalue weighted by Crippen LogP contribution is 2.27. The first-order chi connectivity index (χ1) is 37.3. The maximum atomic E-state index is 13.4. The van der Waals surface area contributed by atoms with Crippen LogP contribution in [0.25, 0.3) is 0 Å². The zero-order chi connectivity index (χ0) is 60.7. The van der Waals surface area contributed by atoms with Gasteiger partial charge in [-0.1, -0.05) is 161 Å². The van der Waals surface area contributed by atoms with Crippen LogP contribution in [0.4, 0.5) is 34.9 Å². The number of benzene rings is 3. The van der Waals surface area contributed by atoms with Gasteiger partial charge in [-0.15, -0.1) is 0 Å². The summed E-state index contributed by atoms with van der Waals surface area (Å²) in [6, 6.07) is 21.3. The summed E-state index contributed by atoms with van der Waals surface area (Å²) in [5, 5.41) is 9.71. The second-order valence-electron chi connectivity index (χ2n) is 28.1. The van der Waals surface area contributed by atoms with Crippen LogP contribution in [0.3, 0.4) is 0 Å². The molecule has 0 unspecified atom stereocenters. The van der Waals surface area contributed by atoms with Gasteiger partial charge in [-0.25, -0.2) is 0 Å². The molecule has 18 heteroatoms. The number of hydrogen-bond acceptors (Lipinski definition) is 18. The number of anilines is 6. The third kappa shape index (κ3) is 25.9. The predicted octanol–water partition coefficient (Wildman–Crippen LogP) is 12.1. The number of carbonyl (C=O) groups excluding carboxylic acids is 6. The average Bonchev–Trinajstić information content (AvgIpc) is 3.36. The zero-order valence-electron chi connectivity index (χ0n) is 51.3. The van der Waals surface area contributed by atoms with Crippen LogP contribution >= 0.6 is 0 Å². The molecule has 0 aliphatic rings. The van der Waals surface area contributed by atoms with Crippen LogP contribution in [-0.4, -0.2) is 90.4 Å². The minimum atomic E-state index is -1.18. The van der Waals surface area contributed by atoms with E-state index in [4.69, 9.17) is 28.4 Å². The average molecular weight is 1120 g/mol. The van der Waals surface area contributed by atoms with E-state index < -0.39 is 53.6 Å². The maximum absolute atomic E-state index is 13.4. The summed E-state index contributed by atoms with van der Waals surface area (Å²) in [6.07, 6.45) is 0.137. The Labute approximate surface area is 480 Å². The summed E-state index contributed by atoms with van der Waals surface area (Å²) in [4.78, 5) is 94.3. The minimum Gasteiger partial charge on any atom is -0.464 e. The first-order valence-electron chi connectivity index (χ1n) is 27.6. The van der Waals surface area contributed by atoms with Gasteiger partial charge in [0.05, 0.1) is 39.6 Å². The Morgan fingerprint density at radius 3 is 0.617 bits per heavy atom. The van der Waals surface area contributed by atoms with Crippen LogP contribution in [0.5, 0.6) is 0 Å². The van der Waals surface area contributed by atoms with Crippen molar-refractivity contribution >= 4 is 70.7 Å². The third-order valence-electron chi connectivity index (χ3n) is 11.2. The molecule has 1 aromatic heterocycles. The maximum Gasteiger partial charge on any atom is 0.320 e. The van der Waals surface area contributed by atoms with Crippen molar-refractivity contribution in [3.8, 4) is 0 Å². The quantitative estimate of drug-likeness (QED) is 0.0336. The summed E-state index contributed by atoms with van der Waals surface area (Å²) in [5.41, 5.74) is 1.91. The van der Waals surface area contributed by atoms with Crippen LogP contribution in [0.1, 0.15) is 141 Å². The van der Waals surface area contributed by atoms with Gasteiger partial charge in [0.15, 0.2) is 17.8 Å². The molecule has 3 aromatic carbocycles. The molecule has 0 atom stereocenters. The van der Waals surface area contributed by atoms with Gasteiger partial charge in [-0.2, -0.15) is 15.0 Å². The summed E-state index contributed by atoms with van der Waals surface area (Å²) in [6.45, 7) is 35.7.